The summed E-state index contributed by atoms with van der Waals surface area (Å²) in [5, 5.41) is 0. The molecule has 0 spiro atoms. The zero-order valence-electron chi connectivity index (χ0n) is 7.78. The first-order valence-electron chi connectivity index (χ1n) is 3.92. The van der Waals surface area contributed by atoms with Gasteiger partial charge in [0.15, 0.2) is 11.5 Å². The summed E-state index contributed by atoms with van der Waals surface area (Å²) in [6.07, 6.45) is 3.28. The van der Waals surface area contributed by atoms with Crippen LogP contribution in [0, 0.1) is 0 Å². The number of hydrogen-bond donors (Lipinski definition) is 1. The molecule has 0 bridgehead atoms. The Morgan fingerprint density at radius 1 is 1.15 bits per heavy atom. The van der Waals surface area contributed by atoms with Gasteiger partial charge in [0, 0.05) is 0 Å². The summed E-state index contributed by atoms with van der Waals surface area (Å²) in [6, 6.07) is 5.61. The number of nitrogens with two attached hydrogens (primary N) is 1. The molecule has 13 heavy (non-hydrogen) atoms. The van der Waals surface area contributed by atoms with Crippen molar-refractivity contribution in [2.45, 2.75) is 0 Å². The van der Waals surface area contributed by atoms with Crippen LogP contribution in [-0.2, 0) is 0 Å². The first-order valence-corrected chi connectivity index (χ1v) is 3.92. The summed E-state index contributed by atoms with van der Waals surface area (Å²) < 4.78 is 10.2. The Labute approximate surface area is 77.8 Å². The van der Waals surface area contributed by atoms with Crippen molar-refractivity contribution in [1.29, 1.82) is 0 Å². The average Bonchev–Trinajstić information content (AvgIpc) is 2.18. The van der Waals surface area contributed by atoms with Crippen molar-refractivity contribution < 1.29 is 9.47 Å². The van der Waals surface area contributed by atoms with Crippen molar-refractivity contribution in [2.24, 2.45) is 5.73 Å². The van der Waals surface area contributed by atoms with Gasteiger partial charge in [-0.15, -0.1) is 0 Å². The number of benzene rings is 1. The van der Waals surface area contributed by atoms with E-state index in [0.717, 1.165) is 11.3 Å². The third-order valence-corrected chi connectivity index (χ3v) is 1.70. The molecule has 0 aliphatic carbocycles. The number of hydrogen-bond acceptors (Lipinski definition) is 3. The fourth-order valence-electron chi connectivity index (χ4n) is 1.07. The molecular weight excluding hydrogens is 166 g/mol. The number of ether oxygens (including phenoxy) is 2. The smallest absolute Gasteiger partial charge is 0.161 e. The van der Waals surface area contributed by atoms with E-state index in [1.54, 1.807) is 20.3 Å². The highest BCUT2D eigenvalue weighted by molar-refractivity contribution is 5.55. The van der Waals surface area contributed by atoms with E-state index in [9.17, 15) is 0 Å². The molecule has 0 radical (unpaired) electrons. The molecule has 0 saturated carbocycles. The lowest BCUT2D eigenvalue weighted by Gasteiger charge is -2.07. The van der Waals surface area contributed by atoms with Crippen molar-refractivity contribution in [2.75, 3.05) is 14.2 Å². The summed E-state index contributed by atoms with van der Waals surface area (Å²) in [5.41, 5.74) is 6.26. The topological polar surface area (TPSA) is 44.5 Å². The molecule has 1 rings (SSSR count). The van der Waals surface area contributed by atoms with E-state index < -0.39 is 0 Å². The summed E-state index contributed by atoms with van der Waals surface area (Å²) in [7, 11) is 3.21. The molecule has 1 aromatic carbocycles. The Morgan fingerprint density at radius 3 is 2.38 bits per heavy atom. The second-order valence-corrected chi connectivity index (χ2v) is 2.47. The van der Waals surface area contributed by atoms with E-state index in [1.807, 2.05) is 18.2 Å². The molecule has 3 nitrogen and oxygen atoms in total. The van der Waals surface area contributed by atoms with Gasteiger partial charge >= 0.3 is 0 Å². The fraction of sp³-hybridized carbons (Fsp3) is 0.200. The molecule has 0 amide bonds. The minimum absolute atomic E-state index is 0.707. The lowest BCUT2D eigenvalue weighted by atomic mass is 10.2. The molecule has 0 aromatic heterocycles. The summed E-state index contributed by atoms with van der Waals surface area (Å²) >= 11 is 0. The van der Waals surface area contributed by atoms with Crippen LogP contribution in [0.4, 0.5) is 0 Å². The highest BCUT2D eigenvalue weighted by Crippen LogP contribution is 2.27. The van der Waals surface area contributed by atoms with Gasteiger partial charge in [0.05, 0.1) is 14.2 Å². The molecule has 0 fully saturated rings. The summed E-state index contributed by atoms with van der Waals surface area (Å²) in [6.45, 7) is 0. The van der Waals surface area contributed by atoms with Crippen LogP contribution in [0.3, 0.4) is 0 Å². The van der Waals surface area contributed by atoms with Crippen LogP contribution in [0.15, 0.2) is 24.4 Å². The standard InChI is InChI=1S/C10H13NO2/c1-12-9-4-3-8(5-6-11)7-10(9)13-2/h3-7H,11H2,1-2H3/b6-5+. The molecule has 70 valence electrons. The minimum atomic E-state index is 0.707. The van der Waals surface area contributed by atoms with Crippen LogP contribution >= 0.6 is 0 Å². The Kier molecular flexibility index (Phi) is 3.20. The molecule has 2 N–H and O–H groups in total. The van der Waals surface area contributed by atoms with E-state index >= 15 is 0 Å². The highest BCUT2D eigenvalue weighted by Gasteiger charge is 2.01. The Balaban J connectivity index is 3.05. The van der Waals surface area contributed by atoms with Gasteiger partial charge in [-0.3, -0.25) is 0 Å². The molecular formula is C10H13NO2. The third kappa shape index (κ3) is 2.15. The summed E-state index contributed by atoms with van der Waals surface area (Å²) in [5.74, 6) is 1.43. The minimum Gasteiger partial charge on any atom is -0.493 e. The SMILES string of the molecule is COc1ccc(/C=C/N)cc1OC. The first kappa shape index (κ1) is 9.45. The molecule has 0 saturated heterocycles. The van der Waals surface area contributed by atoms with E-state index in [2.05, 4.69) is 0 Å². The number of methoxy groups -OCH3 is 2. The van der Waals surface area contributed by atoms with E-state index in [-0.39, 0.29) is 0 Å². The van der Waals surface area contributed by atoms with Gasteiger partial charge in [-0.25, -0.2) is 0 Å². The van der Waals surface area contributed by atoms with E-state index in [4.69, 9.17) is 15.2 Å². The second kappa shape index (κ2) is 4.40. The summed E-state index contributed by atoms with van der Waals surface area (Å²) in [4.78, 5) is 0. The van der Waals surface area contributed by atoms with Gasteiger partial charge in [0.25, 0.3) is 0 Å². The molecule has 0 aliphatic rings. The second-order valence-electron chi connectivity index (χ2n) is 2.47. The molecule has 0 heterocycles. The monoisotopic (exact) mass is 179 g/mol. The van der Waals surface area contributed by atoms with Crippen LogP contribution in [0.5, 0.6) is 11.5 Å². The fourth-order valence-corrected chi connectivity index (χ4v) is 1.07. The van der Waals surface area contributed by atoms with E-state index in [1.165, 1.54) is 6.20 Å². The molecule has 0 aliphatic heterocycles. The van der Waals surface area contributed by atoms with Crippen molar-refractivity contribution in [3.63, 3.8) is 0 Å². The van der Waals surface area contributed by atoms with Gasteiger partial charge < -0.3 is 15.2 Å². The zero-order valence-corrected chi connectivity index (χ0v) is 7.78. The van der Waals surface area contributed by atoms with Crippen molar-refractivity contribution in [1.82, 2.24) is 0 Å². The Morgan fingerprint density at radius 2 is 1.85 bits per heavy atom. The maximum Gasteiger partial charge on any atom is 0.161 e. The predicted molar refractivity (Wildman–Crippen MR) is 52.8 cm³/mol. The maximum absolute atomic E-state index is 5.27. The quantitative estimate of drug-likeness (QED) is 0.767. The third-order valence-electron chi connectivity index (χ3n) is 1.70. The van der Waals surface area contributed by atoms with Crippen LogP contribution in [0.2, 0.25) is 0 Å². The lowest BCUT2D eigenvalue weighted by molar-refractivity contribution is 0.355. The maximum atomic E-state index is 5.27. The van der Waals surface area contributed by atoms with Gasteiger partial charge in [0.2, 0.25) is 0 Å². The van der Waals surface area contributed by atoms with Crippen LogP contribution in [-0.4, -0.2) is 14.2 Å². The van der Waals surface area contributed by atoms with Crippen LogP contribution in [0.25, 0.3) is 6.08 Å². The average molecular weight is 179 g/mol. The molecule has 0 atom stereocenters. The van der Waals surface area contributed by atoms with Gasteiger partial charge in [-0.1, -0.05) is 6.07 Å². The lowest BCUT2D eigenvalue weighted by Crippen LogP contribution is -1.90. The van der Waals surface area contributed by atoms with Gasteiger partial charge in [-0.2, -0.15) is 0 Å². The van der Waals surface area contributed by atoms with E-state index in [0.29, 0.717) is 5.75 Å². The largest absolute Gasteiger partial charge is 0.493 e. The van der Waals surface area contributed by atoms with Crippen molar-refractivity contribution >= 4 is 6.08 Å². The molecule has 1 aromatic rings. The van der Waals surface area contributed by atoms with Crippen LogP contribution in [0.1, 0.15) is 5.56 Å². The van der Waals surface area contributed by atoms with Crippen molar-refractivity contribution in [3.05, 3.63) is 30.0 Å². The Hall–Kier alpha value is -1.64. The van der Waals surface area contributed by atoms with Crippen molar-refractivity contribution in [3.8, 4) is 11.5 Å². The van der Waals surface area contributed by atoms with Gasteiger partial charge in [0.1, 0.15) is 0 Å². The number of rotatable bonds is 3. The normalized spacial score (nSPS) is 10.3. The first-order chi connectivity index (χ1) is 6.31. The Bertz CT molecular complexity index is 308. The predicted octanol–water partition coefficient (Wildman–Crippen LogP) is 1.63. The highest BCUT2D eigenvalue weighted by atomic mass is 16.5. The van der Waals surface area contributed by atoms with Crippen LogP contribution < -0.4 is 15.2 Å². The zero-order chi connectivity index (χ0) is 9.68. The molecule has 3 heteroatoms. The molecule has 0 unspecified atom stereocenters. The van der Waals surface area contributed by atoms with Gasteiger partial charge in [-0.05, 0) is 30.0 Å².